The van der Waals surface area contributed by atoms with Crippen molar-refractivity contribution in [2.75, 3.05) is 0 Å². The Morgan fingerprint density at radius 3 is 2.64 bits per heavy atom. The summed E-state index contributed by atoms with van der Waals surface area (Å²) in [6.07, 6.45) is 8.64. The van der Waals surface area contributed by atoms with E-state index in [1.54, 1.807) is 6.08 Å². The van der Waals surface area contributed by atoms with Gasteiger partial charge in [-0.05, 0) is 49.3 Å². The van der Waals surface area contributed by atoms with Crippen molar-refractivity contribution in [3.8, 4) is 0 Å². The van der Waals surface area contributed by atoms with E-state index < -0.39 is 0 Å². The first-order chi connectivity index (χ1) is 10.8. The van der Waals surface area contributed by atoms with Gasteiger partial charge in [0.25, 0.3) is 0 Å². The van der Waals surface area contributed by atoms with E-state index >= 15 is 0 Å². The molecule has 22 heavy (non-hydrogen) atoms. The molecule has 1 heterocycles. The summed E-state index contributed by atoms with van der Waals surface area (Å²) >= 11 is 0. The van der Waals surface area contributed by atoms with Gasteiger partial charge in [0.2, 0.25) is 0 Å². The number of allylic oxidation sites excluding steroid dienone is 1. The van der Waals surface area contributed by atoms with Crippen LogP contribution < -0.4 is 0 Å². The number of esters is 1. The molecule has 112 valence electrons. The van der Waals surface area contributed by atoms with Crippen LogP contribution in [0.15, 0.2) is 71.5 Å². The van der Waals surface area contributed by atoms with Gasteiger partial charge in [0.1, 0.15) is 0 Å². The van der Waals surface area contributed by atoms with E-state index in [9.17, 15) is 4.79 Å². The van der Waals surface area contributed by atoms with Gasteiger partial charge in [-0.15, -0.1) is 12.3 Å². The number of hydrogen-bond acceptors (Lipinski definition) is 2. The molecule has 1 unspecified atom stereocenters. The minimum Gasteiger partial charge on any atom is -0.449 e. The Morgan fingerprint density at radius 1 is 1.23 bits per heavy atom. The normalized spacial score (nSPS) is 20.8. The summed E-state index contributed by atoms with van der Waals surface area (Å²) in [6, 6.07) is 9.87. The first-order valence-electron chi connectivity index (χ1n) is 7.84. The number of cyclic esters (lactones) is 1. The molecule has 1 aliphatic heterocycles. The predicted molar refractivity (Wildman–Crippen MR) is 87.2 cm³/mol. The summed E-state index contributed by atoms with van der Waals surface area (Å²) in [6.45, 7) is 3.75. The van der Waals surface area contributed by atoms with Crippen LogP contribution >= 0.6 is 0 Å². The van der Waals surface area contributed by atoms with Gasteiger partial charge in [-0.2, -0.15) is 0 Å². The molecule has 0 amide bonds. The number of hydrogen-bond donors (Lipinski definition) is 0. The van der Waals surface area contributed by atoms with Crippen molar-refractivity contribution in [3.05, 3.63) is 77.1 Å². The van der Waals surface area contributed by atoms with E-state index in [1.165, 1.54) is 18.4 Å². The van der Waals surface area contributed by atoms with Crippen LogP contribution in [0.25, 0.3) is 0 Å². The number of rotatable bonds is 4. The Morgan fingerprint density at radius 2 is 1.95 bits per heavy atom. The van der Waals surface area contributed by atoms with Crippen molar-refractivity contribution < 1.29 is 9.53 Å². The van der Waals surface area contributed by atoms with Crippen molar-refractivity contribution in [1.29, 1.82) is 0 Å². The van der Waals surface area contributed by atoms with Crippen LogP contribution in [-0.2, 0) is 9.53 Å². The summed E-state index contributed by atoms with van der Waals surface area (Å²) < 4.78 is 5.60. The molecule has 3 rings (SSSR count). The first kappa shape index (κ1) is 14.6. The van der Waals surface area contributed by atoms with E-state index in [-0.39, 0.29) is 12.1 Å². The molecule has 0 spiro atoms. The average molecular weight is 292 g/mol. The molecule has 0 N–H and O–H groups in total. The van der Waals surface area contributed by atoms with Crippen LogP contribution in [-0.4, -0.2) is 5.97 Å². The third-order valence-corrected chi connectivity index (χ3v) is 4.19. The number of carbonyl (C=O) groups is 1. The van der Waals surface area contributed by atoms with Gasteiger partial charge in [-0.3, -0.25) is 0 Å². The monoisotopic (exact) mass is 292 g/mol. The topological polar surface area (TPSA) is 26.3 Å². The molecule has 0 saturated heterocycles. The summed E-state index contributed by atoms with van der Waals surface area (Å²) in [7, 11) is 0. The Labute approximate surface area is 131 Å². The van der Waals surface area contributed by atoms with Gasteiger partial charge in [-0.1, -0.05) is 36.4 Å². The van der Waals surface area contributed by atoms with Gasteiger partial charge >= 0.3 is 5.97 Å². The maximum absolute atomic E-state index is 12.2. The summed E-state index contributed by atoms with van der Waals surface area (Å²) in [5, 5.41) is 0. The van der Waals surface area contributed by atoms with Gasteiger partial charge < -0.3 is 4.74 Å². The zero-order valence-corrected chi connectivity index (χ0v) is 12.7. The lowest BCUT2D eigenvalue weighted by molar-refractivity contribution is -0.140. The zero-order chi connectivity index (χ0) is 15.4. The first-order valence-corrected chi connectivity index (χ1v) is 7.84. The number of ether oxygens (including phenoxy) is 1. The Balaban J connectivity index is 2.01. The van der Waals surface area contributed by atoms with Gasteiger partial charge in [0.05, 0.1) is 0 Å². The molecule has 2 heteroatoms. The molecule has 0 radical (unpaired) electrons. The van der Waals surface area contributed by atoms with Crippen LogP contribution in [0.1, 0.15) is 43.8 Å². The van der Waals surface area contributed by atoms with Crippen molar-refractivity contribution in [3.63, 3.8) is 0 Å². The molecule has 2 nitrogen and oxygen atoms in total. The van der Waals surface area contributed by atoms with Gasteiger partial charge in [-0.25, -0.2) is 4.79 Å². The fraction of sp³-hybridized carbons (Fsp3) is 0.300. The lowest BCUT2D eigenvalue weighted by Gasteiger charge is -2.11. The minimum absolute atomic E-state index is 0.238. The van der Waals surface area contributed by atoms with E-state index in [2.05, 4.69) is 12.3 Å². The molecule has 0 aromatic heterocycles. The van der Waals surface area contributed by atoms with Gasteiger partial charge in [0.15, 0.2) is 6.10 Å². The van der Waals surface area contributed by atoms with Crippen molar-refractivity contribution in [1.82, 2.24) is 0 Å². The quantitative estimate of drug-likeness (QED) is 0.452. The molecule has 2 aliphatic rings. The Kier molecular flexibility index (Phi) is 4.41. The number of carbonyl (C=O) groups excluding carboxylic acids is 1. The highest BCUT2D eigenvalue weighted by Gasteiger charge is 2.32. The molecule has 1 saturated carbocycles. The highest BCUT2D eigenvalue weighted by Crippen LogP contribution is 2.37. The molecule has 1 aromatic carbocycles. The molecular formula is C20H20O2. The molecular weight excluding hydrogens is 272 g/mol. The predicted octanol–water partition coefficient (Wildman–Crippen LogP) is 4.81. The highest BCUT2D eigenvalue weighted by atomic mass is 16.5. The second-order valence-corrected chi connectivity index (χ2v) is 5.72. The fourth-order valence-corrected chi connectivity index (χ4v) is 3.03. The van der Waals surface area contributed by atoms with Crippen LogP contribution in [0.4, 0.5) is 0 Å². The second kappa shape index (κ2) is 6.64. The van der Waals surface area contributed by atoms with Crippen LogP contribution in [0.5, 0.6) is 0 Å². The lowest BCUT2D eigenvalue weighted by atomic mass is 9.97. The molecule has 1 aromatic rings. The fourth-order valence-electron chi connectivity index (χ4n) is 3.03. The van der Waals surface area contributed by atoms with Crippen LogP contribution in [0.2, 0.25) is 0 Å². The zero-order valence-electron chi connectivity index (χ0n) is 12.7. The average Bonchev–Trinajstić information content (AvgIpc) is 3.16. The van der Waals surface area contributed by atoms with E-state index in [0.29, 0.717) is 12.0 Å². The van der Waals surface area contributed by atoms with Crippen LogP contribution in [0.3, 0.4) is 0 Å². The van der Waals surface area contributed by atoms with E-state index in [4.69, 9.17) is 4.74 Å². The standard InChI is InChI=1S/C20H20O2/c1-2-8-18-17(14-13-15-9-6-7-10-15)19(22-20(18)21)16-11-4-3-5-12-16/h2-5,11-12,14,19H,1,6-10H2. The van der Waals surface area contributed by atoms with Crippen molar-refractivity contribution >= 4 is 5.97 Å². The third-order valence-electron chi connectivity index (χ3n) is 4.19. The smallest absolute Gasteiger partial charge is 0.335 e. The lowest BCUT2D eigenvalue weighted by Crippen LogP contribution is -2.02. The van der Waals surface area contributed by atoms with Crippen molar-refractivity contribution in [2.45, 2.75) is 38.2 Å². The summed E-state index contributed by atoms with van der Waals surface area (Å²) in [4.78, 5) is 12.2. The second-order valence-electron chi connectivity index (χ2n) is 5.72. The van der Waals surface area contributed by atoms with Crippen LogP contribution in [0, 0.1) is 0 Å². The minimum atomic E-state index is -0.321. The van der Waals surface area contributed by atoms with Gasteiger partial charge in [0, 0.05) is 11.1 Å². The summed E-state index contributed by atoms with van der Waals surface area (Å²) in [5.74, 6) is -0.238. The molecule has 1 aliphatic carbocycles. The summed E-state index contributed by atoms with van der Waals surface area (Å²) in [5.41, 5.74) is 7.37. The maximum Gasteiger partial charge on any atom is 0.335 e. The number of benzene rings is 1. The maximum atomic E-state index is 12.2. The Bertz CT molecular complexity index is 665. The SMILES string of the molecule is C=CCC1=C(C=C=C2CCCC2)C(c2ccccc2)OC1=O. The largest absolute Gasteiger partial charge is 0.449 e. The molecule has 1 fully saturated rings. The van der Waals surface area contributed by atoms with E-state index in [0.717, 1.165) is 24.0 Å². The van der Waals surface area contributed by atoms with E-state index in [1.807, 2.05) is 36.4 Å². The molecule has 0 bridgehead atoms. The Hall–Kier alpha value is -2.31. The molecule has 1 atom stereocenters. The van der Waals surface area contributed by atoms with Crippen molar-refractivity contribution in [2.24, 2.45) is 0 Å². The highest BCUT2D eigenvalue weighted by molar-refractivity contribution is 5.93. The third kappa shape index (κ3) is 2.98.